The number of nitrogens with one attached hydrogen (secondary N) is 1. The zero-order chi connectivity index (χ0) is 31.0. The highest BCUT2D eigenvalue weighted by Crippen LogP contribution is 2.32. The predicted octanol–water partition coefficient (Wildman–Crippen LogP) is 8.61. The third-order valence-electron chi connectivity index (χ3n) is 8.06. The third-order valence-corrected chi connectivity index (χ3v) is 8.87. The van der Waals surface area contributed by atoms with Gasteiger partial charge in [0.2, 0.25) is 0 Å². The molecule has 1 fully saturated rings. The molecule has 3 heterocycles. The molecule has 2 atom stereocenters. The number of nitrogens with zero attached hydrogens (tertiary/aromatic N) is 4. The quantitative estimate of drug-likeness (QED) is 0.199. The van der Waals surface area contributed by atoms with E-state index in [4.69, 9.17) is 4.74 Å². The second kappa shape index (κ2) is 12.1. The molecule has 5 aromatic rings. The molecule has 1 amide bonds. The van der Waals surface area contributed by atoms with E-state index in [0.717, 1.165) is 56.5 Å². The number of fused-ring (bicyclic) bond motifs is 2. The maximum absolute atomic E-state index is 15.5. The molecular formula is C35H38FN5O2S. The van der Waals surface area contributed by atoms with Crippen molar-refractivity contribution in [1.29, 1.82) is 0 Å². The Morgan fingerprint density at radius 3 is 2.70 bits per heavy atom. The Kier molecular flexibility index (Phi) is 8.26. The van der Waals surface area contributed by atoms with E-state index in [1.54, 1.807) is 23.6 Å². The van der Waals surface area contributed by atoms with Gasteiger partial charge in [-0.05, 0) is 95.1 Å². The number of carbonyl (C=O) groups is 1. The molecule has 2 unspecified atom stereocenters. The lowest BCUT2D eigenvalue weighted by Crippen LogP contribution is -2.47. The highest BCUT2D eigenvalue weighted by Gasteiger charge is 2.37. The molecule has 9 heteroatoms. The van der Waals surface area contributed by atoms with E-state index in [-0.39, 0.29) is 24.0 Å². The van der Waals surface area contributed by atoms with Gasteiger partial charge in [-0.3, -0.25) is 4.98 Å². The number of hydrogen-bond donors (Lipinski definition) is 1. The van der Waals surface area contributed by atoms with E-state index < -0.39 is 5.60 Å². The fraction of sp³-hybridized carbons (Fsp3) is 0.343. The summed E-state index contributed by atoms with van der Waals surface area (Å²) >= 11 is 1.62. The van der Waals surface area contributed by atoms with Crippen molar-refractivity contribution in [2.24, 2.45) is 0 Å². The molecule has 1 aliphatic heterocycles. The number of halogens is 1. The average Bonchev–Trinajstić information content (AvgIpc) is 3.58. The Morgan fingerprint density at radius 1 is 1.07 bits per heavy atom. The summed E-state index contributed by atoms with van der Waals surface area (Å²) in [5.41, 5.74) is 7.12. The fourth-order valence-electron chi connectivity index (χ4n) is 6.04. The lowest BCUT2D eigenvalue weighted by Gasteiger charge is -2.33. The first-order valence-corrected chi connectivity index (χ1v) is 15.9. The number of anilines is 2. The van der Waals surface area contributed by atoms with Crippen molar-refractivity contribution in [1.82, 2.24) is 19.8 Å². The van der Waals surface area contributed by atoms with Crippen molar-refractivity contribution in [3.05, 3.63) is 83.8 Å². The molecule has 228 valence electrons. The zero-order valence-electron chi connectivity index (χ0n) is 25.8. The van der Waals surface area contributed by atoms with Crippen LogP contribution < -0.4 is 5.32 Å². The van der Waals surface area contributed by atoms with Crippen molar-refractivity contribution >= 4 is 49.9 Å². The van der Waals surface area contributed by atoms with Crippen LogP contribution in [0.1, 0.15) is 46.1 Å². The third kappa shape index (κ3) is 6.54. The SMILES string of the molecule is CC1CCC(CN(C)Cc2ccc(-c3ccc4c(Nc5ccc6scnc6c5)ccnc4c3)c(F)c2)N1C(=O)OC(C)(C)C. The van der Waals surface area contributed by atoms with Gasteiger partial charge in [0, 0.05) is 53.7 Å². The van der Waals surface area contributed by atoms with E-state index >= 15 is 4.39 Å². The van der Waals surface area contributed by atoms with E-state index in [2.05, 4.69) is 33.2 Å². The van der Waals surface area contributed by atoms with Crippen LogP contribution in [0.3, 0.4) is 0 Å². The summed E-state index contributed by atoms with van der Waals surface area (Å²) in [5, 5.41) is 4.44. The second-order valence-electron chi connectivity index (χ2n) is 12.7. The molecule has 0 spiro atoms. The predicted molar refractivity (Wildman–Crippen MR) is 177 cm³/mol. The summed E-state index contributed by atoms with van der Waals surface area (Å²) < 4.78 is 22.3. The van der Waals surface area contributed by atoms with Gasteiger partial charge < -0.3 is 19.9 Å². The first-order chi connectivity index (χ1) is 21.0. The molecule has 6 rings (SSSR count). The zero-order valence-corrected chi connectivity index (χ0v) is 26.6. The molecule has 0 radical (unpaired) electrons. The fourth-order valence-corrected chi connectivity index (χ4v) is 6.70. The minimum Gasteiger partial charge on any atom is -0.444 e. The normalized spacial score (nSPS) is 17.1. The van der Waals surface area contributed by atoms with Crippen molar-refractivity contribution in [2.75, 3.05) is 18.9 Å². The van der Waals surface area contributed by atoms with E-state index in [1.165, 1.54) is 0 Å². The number of likely N-dealkylation sites (tertiary alicyclic amines) is 1. The Bertz CT molecular complexity index is 1820. The van der Waals surface area contributed by atoms with Crippen LogP contribution in [-0.4, -0.2) is 57.1 Å². The Labute approximate surface area is 261 Å². The van der Waals surface area contributed by atoms with Crippen molar-refractivity contribution in [3.8, 4) is 11.1 Å². The molecule has 0 aliphatic carbocycles. The van der Waals surface area contributed by atoms with E-state index in [1.807, 2.05) is 86.8 Å². The highest BCUT2D eigenvalue weighted by atomic mass is 32.1. The number of aromatic nitrogens is 2. The highest BCUT2D eigenvalue weighted by molar-refractivity contribution is 7.16. The van der Waals surface area contributed by atoms with Gasteiger partial charge in [-0.2, -0.15) is 0 Å². The van der Waals surface area contributed by atoms with E-state index in [9.17, 15) is 4.79 Å². The molecule has 7 nitrogen and oxygen atoms in total. The first-order valence-electron chi connectivity index (χ1n) is 15.0. The molecule has 1 N–H and O–H groups in total. The van der Waals surface area contributed by atoms with Gasteiger partial charge in [-0.15, -0.1) is 11.3 Å². The largest absolute Gasteiger partial charge is 0.444 e. The molecular weight excluding hydrogens is 573 g/mol. The molecule has 2 aromatic heterocycles. The number of carbonyl (C=O) groups excluding carboxylic acids is 1. The van der Waals surface area contributed by atoms with Gasteiger partial charge in [0.15, 0.2) is 0 Å². The van der Waals surface area contributed by atoms with Gasteiger partial charge in [-0.1, -0.05) is 24.3 Å². The number of ether oxygens (including phenoxy) is 1. The Hall–Kier alpha value is -4.08. The number of amides is 1. The summed E-state index contributed by atoms with van der Waals surface area (Å²) in [6.45, 7) is 9.00. The van der Waals surface area contributed by atoms with Crippen LogP contribution in [0.15, 0.2) is 72.4 Å². The van der Waals surface area contributed by atoms with Crippen LogP contribution in [0.2, 0.25) is 0 Å². The summed E-state index contributed by atoms with van der Waals surface area (Å²) in [6.07, 6.45) is 3.37. The summed E-state index contributed by atoms with van der Waals surface area (Å²) in [7, 11) is 2.01. The molecule has 3 aromatic carbocycles. The van der Waals surface area contributed by atoms with Gasteiger partial charge in [0.1, 0.15) is 11.4 Å². The number of rotatable bonds is 7. The smallest absolute Gasteiger partial charge is 0.410 e. The van der Waals surface area contributed by atoms with Crippen LogP contribution in [0, 0.1) is 5.82 Å². The topological polar surface area (TPSA) is 70.6 Å². The Balaban J connectivity index is 1.14. The molecule has 0 bridgehead atoms. The van der Waals surface area contributed by atoms with Crippen molar-refractivity contribution in [2.45, 2.75) is 64.8 Å². The maximum atomic E-state index is 15.5. The maximum Gasteiger partial charge on any atom is 0.410 e. The Morgan fingerprint density at radius 2 is 1.91 bits per heavy atom. The molecule has 44 heavy (non-hydrogen) atoms. The number of pyridine rings is 1. The summed E-state index contributed by atoms with van der Waals surface area (Å²) in [4.78, 5) is 25.9. The van der Waals surface area contributed by atoms with E-state index in [0.29, 0.717) is 18.7 Å². The van der Waals surface area contributed by atoms with Crippen molar-refractivity contribution < 1.29 is 13.9 Å². The number of benzene rings is 3. The van der Waals surface area contributed by atoms with Crippen LogP contribution in [0.4, 0.5) is 20.6 Å². The van der Waals surface area contributed by atoms with Gasteiger partial charge in [-0.25, -0.2) is 14.2 Å². The lowest BCUT2D eigenvalue weighted by atomic mass is 10.0. The number of hydrogen-bond acceptors (Lipinski definition) is 7. The standard InChI is InChI=1S/C35H38FN5O2S/c1-22-6-10-26(41(22)34(42)43-35(2,3)4)20-40(5)19-23-7-11-27(29(36)16-23)24-8-12-28-30(14-15-37-31(28)17-24)39-25-9-13-33-32(18-25)38-21-44-33/h7-9,11-18,21-22,26H,6,10,19-20H2,1-5H3,(H,37,39). The molecule has 1 aliphatic rings. The first kappa shape index (κ1) is 30.0. The number of likely N-dealkylation sites (N-methyl/N-ethyl adjacent to an activating group) is 1. The average molecular weight is 612 g/mol. The molecule has 1 saturated heterocycles. The summed E-state index contributed by atoms with van der Waals surface area (Å²) in [5.74, 6) is -0.272. The lowest BCUT2D eigenvalue weighted by molar-refractivity contribution is 0.0133. The van der Waals surface area contributed by atoms with Crippen LogP contribution in [0.25, 0.3) is 32.2 Å². The van der Waals surface area contributed by atoms with Gasteiger partial charge in [0.05, 0.1) is 21.2 Å². The van der Waals surface area contributed by atoms with Crippen LogP contribution >= 0.6 is 11.3 Å². The van der Waals surface area contributed by atoms with Crippen molar-refractivity contribution in [3.63, 3.8) is 0 Å². The van der Waals surface area contributed by atoms with Crippen LogP contribution in [0.5, 0.6) is 0 Å². The summed E-state index contributed by atoms with van der Waals surface area (Å²) in [6, 6.07) is 19.6. The van der Waals surface area contributed by atoms with Crippen LogP contribution in [-0.2, 0) is 11.3 Å². The minimum atomic E-state index is -0.535. The molecule has 0 saturated carbocycles. The minimum absolute atomic E-state index is 0.0636. The van der Waals surface area contributed by atoms with Gasteiger partial charge >= 0.3 is 6.09 Å². The van der Waals surface area contributed by atoms with Gasteiger partial charge in [0.25, 0.3) is 0 Å². The second-order valence-corrected chi connectivity index (χ2v) is 13.6. The monoisotopic (exact) mass is 611 g/mol. The number of thiazole rings is 1.